The highest BCUT2D eigenvalue weighted by molar-refractivity contribution is 5.20. The Morgan fingerprint density at radius 2 is 2.05 bits per heavy atom. The van der Waals surface area contributed by atoms with Gasteiger partial charge < -0.3 is 10.1 Å². The van der Waals surface area contributed by atoms with E-state index in [-0.39, 0.29) is 11.9 Å². The summed E-state index contributed by atoms with van der Waals surface area (Å²) in [5.74, 6) is -0.130. The molecule has 1 aromatic rings. The summed E-state index contributed by atoms with van der Waals surface area (Å²) in [5, 5.41) is 3.36. The van der Waals surface area contributed by atoms with Crippen molar-refractivity contribution in [3.8, 4) is 0 Å². The summed E-state index contributed by atoms with van der Waals surface area (Å²) in [6.07, 6.45) is 1.02. The van der Waals surface area contributed by atoms with Crippen LogP contribution in [0, 0.1) is 5.82 Å². The summed E-state index contributed by atoms with van der Waals surface area (Å²) in [6.45, 7) is 5.56. The predicted molar refractivity (Wildman–Crippen MR) is 76.8 cm³/mol. The van der Waals surface area contributed by atoms with Crippen LogP contribution in [0.1, 0.15) is 24.9 Å². The Kier molecular flexibility index (Phi) is 7.63. The minimum atomic E-state index is -0.130. The van der Waals surface area contributed by atoms with Gasteiger partial charge in [0.1, 0.15) is 5.82 Å². The Morgan fingerprint density at radius 1 is 1.32 bits per heavy atom. The molecule has 0 saturated heterocycles. The number of ether oxygens (including phenoxy) is 1. The first-order valence-electron chi connectivity index (χ1n) is 6.81. The van der Waals surface area contributed by atoms with Crippen molar-refractivity contribution in [3.05, 3.63) is 35.6 Å². The fourth-order valence-corrected chi connectivity index (χ4v) is 1.97. The number of methoxy groups -OCH3 is 1. The molecule has 1 aromatic carbocycles. The Morgan fingerprint density at radius 3 is 2.74 bits per heavy atom. The molecule has 0 aliphatic heterocycles. The SMILES string of the molecule is COCCCNCCN(C)C(C)c1ccccc1F. The lowest BCUT2D eigenvalue weighted by Gasteiger charge is -2.25. The van der Waals surface area contributed by atoms with Gasteiger partial charge in [0.25, 0.3) is 0 Å². The third-order valence-corrected chi connectivity index (χ3v) is 3.36. The number of nitrogens with zero attached hydrogens (tertiary/aromatic N) is 1. The van der Waals surface area contributed by atoms with Crippen molar-refractivity contribution >= 4 is 0 Å². The number of hydrogen-bond donors (Lipinski definition) is 1. The molecule has 1 unspecified atom stereocenters. The molecule has 1 N–H and O–H groups in total. The molecule has 0 bridgehead atoms. The van der Waals surface area contributed by atoms with Gasteiger partial charge in [0, 0.05) is 38.4 Å². The summed E-state index contributed by atoms with van der Waals surface area (Å²) in [4.78, 5) is 2.15. The number of halogens is 1. The lowest BCUT2D eigenvalue weighted by atomic mass is 10.1. The van der Waals surface area contributed by atoms with Crippen LogP contribution in [0.4, 0.5) is 4.39 Å². The van der Waals surface area contributed by atoms with Gasteiger partial charge in [-0.2, -0.15) is 0 Å². The van der Waals surface area contributed by atoms with E-state index in [1.54, 1.807) is 13.2 Å². The first kappa shape index (κ1) is 16.1. The van der Waals surface area contributed by atoms with E-state index in [0.717, 1.165) is 38.2 Å². The van der Waals surface area contributed by atoms with Gasteiger partial charge in [0.05, 0.1) is 0 Å². The Labute approximate surface area is 115 Å². The number of rotatable bonds is 9. The van der Waals surface area contributed by atoms with E-state index < -0.39 is 0 Å². The Balaban J connectivity index is 2.29. The van der Waals surface area contributed by atoms with Crippen LogP contribution in [-0.4, -0.2) is 45.3 Å². The second kappa shape index (κ2) is 9.02. The maximum atomic E-state index is 13.7. The van der Waals surface area contributed by atoms with Gasteiger partial charge in [-0.1, -0.05) is 18.2 Å². The zero-order chi connectivity index (χ0) is 14.1. The molecule has 0 aliphatic rings. The molecule has 0 aromatic heterocycles. The third-order valence-electron chi connectivity index (χ3n) is 3.36. The minimum absolute atomic E-state index is 0.0852. The van der Waals surface area contributed by atoms with E-state index in [0.29, 0.717) is 0 Å². The number of hydrogen-bond acceptors (Lipinski definition) is 3. The molecule has 108 valence electrons. The molecule has 19 heavy (non-hydrogen) atoms. The lowest BCUT2D eigenvalue weighted by molar-refractivity contribution is 0.193. The topological polar surface area (TPSA) is 24.5 Å². The molecular weight excluding hydrogens is 243 g/mol. The summed E-state index contributed by atoms with van der Waals surface area (Å²) >= 11 is 0. The highest BCUT2D eigenvalue weighted by Gasteiger charge is 2.14. The molecule has 0 radical (unpaired) electrons. The fourth-order valence-electron chi connectivity index (χ4n) is 1.97. The van der Waals surface area contributed by atoms with Gasteiger partial charge in [-0.25, -0.2) is 4.39 Å². The highest BCUT2D eigenvalue weighted by Crippen LogP contribution is 2.20. The molecule has 0 aliphatic carbocycles. The maximum absolute atomic E-state index is 13.7. The van der Waals surface area contributed by atoms with Crippen molar-refractivity contribution in [2.24, 2.45) is 0 Å². The van der Waals surface area contributed by atoms with Crippen LogP contribution in [0.25, 0.3) is 0 Å². The first-order valence-corrected chi connectivity index (χ1v) is 6.81. The van der Waals surface area contributed by atoms with Crippen molar-refractivity contribution in [2.45, 2.75) is 19.4 Å². The lowest BCUT2D eigenvalue weighted by Crippen LogP contribution is -2.32. The summed E-state index contributed by atoms with van der Waals surface area (Å²) in [5.41, 5.74) is 0.754. The minimum Gasteiger partial charge on any atom is -0.385 e. The molecule has 4 heteroatoms. The third kappa shape index (κ3) is 5.68. The maximum Gasteiger partial charge on any atom is 0.127 e. The van der Waals surface area contributed by atoms with Crippen molar-refractivity contribution in [3.63, 3.8) is 0 Å². The molecule has 0 amide bonds. The van der Waals surface area contributed by atoms with E-state index in [2.05, 4.69) is 10.2 Å². The number of nitrogens with one attached hydrogen (secondary N) is 1. The average Bonchev–Trinajstić information content (AvgIpc) is 2.42. The average molecular weight is 268 g/mol. The molecule has 0 spiro atoms. The van der Waals surface area contributed by atoms with Gasteiger partial charge in [0.2, 0.25) is 0 Å². The highest BCUT2D eigenvalue weighted by atomic mass is 19.1. The molecule has 1 atom stereocenters. The van der Waals surface area contributed by atoms with E-state index in [1.165, 1.54) is 6.07 Å². The zero-order valence-electron chi connectivity index (χ0n) is 12.2. The van der Waals surface area contributed by atoms with Crippen LogP contribution >= 0.6 is 0 Å². The van der Waals surface area contributed by atoms with Crippen LogP contribution in [0.5, 0.6) is 0 Å². The van der Waals surface area contributed by atoms with Crippen molar-refractivity contribution < 1.29 is 9.13 Å². The smallest absolute Gasteiger partial charge is 0.127 e. The number of likely N-dealkylation sites (N-methyl/N-ethyl adjacent to an activating group) is 1. The van der Waals surface area contributed by atoms with Crippen LogP contribution in [0.2, 0.25) is 0 Å². The Hall–Kier alpha value is -0.970. The van der Waals surface area contributed by atoms with Gasteiger partial charge in [0.15, 0.2) is 0 Å². The molecular formula is C15H25FN2O. The second-order valence-corrected chi connectivity index (χ2v) is 4.77. The first-order chi connectivity index (χ1) is 9.16. The van der Waals surface area contributed by atoms with E-state index in [4.69, 9.17) is 4.74 Å². The van der Waals surface area contributed by atoms with E-state index >= 15 is 0 Å². The summed E-state index contributed by atoms with van der Waals surface area (Å²) in [6, 6.07) is 7.06. The van der Waals surface area contributed by atoms with Crippen molar-refractivity contribution in [1.82, 2.24) is 10.2 Å². The largest absolute Gasteiger partial charge is 0.385 e. The Bertz CT molecular complexity index is 360. The van der Waals surface area contributed by atoms with Gasteiger partial charge in [-0.15, -0.1) is 0 Å². The molecule has 3 nitrogen and oxygen atoms in total. The van der Waals surface area contributed by atoms with Crippen LogP contribution in [0.15, 0.2) is 24.3 Å². The van der Waals surface area contributed by atoms with Gasteiger partial charge in [-0.3, -0.25) is 4.90 Å². The van der Waals surface area contributed by atoms with Crippen LogP contribution in [-0.2, 0) is 4.74 Å². The van der Waals surface area contributed by atoms with Crippen LogP contribution in [0.3, 0.4) is 0 Å². The standard InChI is InChI=1S/C15H25FN2O/c1-13(14-7-4-5-8-15(14)16)18(2)11-10-17-9-6-12-19-3/h4-5,7-8,13,17H,6,9-12H2,1-3H3. The van der Waals surface area contributed by atoms with Gasteiger partial charge in [-0.05, 0) is 33.0 Å². The van der Waals surface area contributed by atoms with E-state index in [1.807, 2.05) is 26.1 Å². The van der Waals surface area contributed by atoms with Crippen LogP contribution < -0.4 is 5.32 Å². The predicted octanol–water partition coefficient (Wildman–Crippen LogP) is 2.44. The quantitative estimate of drug-likeness (QED) is 0.696. The number of benzene rings is 1. The van der Waals surface area contributed by atoms with Crippen molar-refractivity contribution in [1.29, 1.82) is 0 Å². The molecule has 1 rings (SSSR count). The normalized spacial score (nSPS) is 12.9. The fraction of sp³-hybridized carbons (Fsp3) is 0.600. The summed E-state index contributed by atoms with van der Waals surface area (Å²) < 4.78 is 18.7. The monoisotopic (exact) mass is 268 g/mol. The van der Waals surface area contributed by atoms with E-state index in [9.17, 15) is 4.39 Å². The summed E-state index contributed by atoms with van der Waals surface area (Å²) in [7, 11) is 3.73. The zero-order valence-corrected chi connectivity index (χ0v) is 12.2. The van der Waals surface area contributed by atoms with Crippen molar-refractivity contribution in [2.75, 3.05) is 40.4 Å². The van der Waals surface area contributed by atoms with Gasteiger partial charge >= 0.3 is 0 Å². The molecule has 0 saturated carbocycles. The second-order valence-electron chi connectivity index (χ2n) is 4.77. The molecule has 0 fully saturated rings. The molecule has 0 heterocycles.